The van der Waals surface area contributed by atoms with E-state index in [9.17, 15) is 25.5 Å². The quantitative estimate of drug-likeness (QED) is 0.0769. The summed E-state index contributed by atoms with van der Waals surface area (Å²) in [5.41, 5.74) is 5.20. The molecule has 314 valence electrons. The minimum absolute atomic E-state index is 0.0217. The molecule has 2 bridgehead atoms. The Balaban J connectivity index is 1.24. The van der Waals surface area contributed by atoms with E-state index in [1.807, 2.05) is 36.4 Å². The van der Waals surface area contributed by atoms with E-state index in [1.165, 1.54) is 20.3 Å². The molecule has 11 heteroatoms. The average Bonchev–Trinajstić information content (AvgIpc) is 3.93. The maximum atomic E-state index is 15.9. The Hall–Kier alpha value is -6.46. The van der Waals surface area contributed by atoms with E-state index in [0.717, 1.165) is 57.2 Å². The number of aromatic hydroxyl groups is 4. The third kappa shape index (κ3) is 7.30. The third-order valence-electron chi connectivity index (χ3n) is 13.6. The highest BCUT2D eigenvalue weighted by molar-refractivity contribution is 6.00. The Kier molecular flexibility index (Phi) is 10.6. The standard InChI is InChI=1S/C50H50N3O8/c1-60-43-19-28(7-13-39(43)55)8-14-40(56)48-41(57)23-32(33-24-42(58)49(59)44(25-33)61-2)20-29-9-10-30-21-37(54)22-31-11-12-38(47(29)46(30)31)53-45-27-35(15-18-52-45)50(48)16-3-5-34(50)26-36-6-4-17-51-36/h4,6-7,9-13,15,17-19,21-22,24-25,27,29,32,34,40,48,54-56,58-59H,3,5,8,14,16,20,23,26H2,1-2H3,(H,52,53)/q-1/t29-,32+,34-,40+,48+,50-/m0/s1. The van der Waals surface area contributed by atoms with Gasteiger partial charge in [0.05, 0.1) is 26.2 Å². The monoisotopic (exact) mass is 820 g/mol. The van der Waals surface area contributed by atoms with Crippen LogP contribution in [0.4, 0.5) is 11.5 Å². The summed E-state index contributed by atoms with van der Waals surface area (Å²) in [7, 11) is 2.92. The zero-order valence-corrected chi connectivity index (χ0v) is 34.2. The first-order chi connectivity index (χ1) is 29.6. The SMILES string of the molecule is COc1cc(CC[C@@H](O)[C@@H]2C(=O)C[C@H](c3cc(O)c(O)c(OC)c3)C[C@@H]3C=Cc4cc(O)cc5ccc(c3c45)Nc3cc(ccn3)[C@@]23CCC[C@H]3Cc2ccc[n-]2)ccc1O. The number of allylic oxidation sites excluding steroid dienone is 1. The van der Waals surface area contributed by atoms with Gasteiger partial charge in [0.25, 0.3) is 0 Å². The first-order valence-corrected chi connectivity index (χ1v) is 21.0. The summed E-state index contributed by atoms with van der Waals surface area (Å²) < 4.78 is 10.9. The fourth-order valence-corrected chi connectivity index (χ4v) is 10.9. The van der Waals surface area contributed by atoms with Crippen LogP contribution in [-0.4, -0.2) is 56.6 Å². The molecule has 1 saturated carbocycles. The number of aryl methyl sites for hydroxylation is 1. The van der Waals surface area contributed by atoms with Gasteiger partial charge in [-0.05, 0) is 144 Å². The summed E-state index contributed by atoms with van der Waals surface area (Å²) in [6.45, 7) is 0. The van der Waals surface area contributed by atoms with Gasteiger partial charge in [0.15, 0.2) is 23.0 Å². The van der Waals surface area contributed by atoms with Crippen LogP contribution < -0.4 is 19.8 Å². The Labute approximate surface area is 354 Å². The van der Waals surface area contributed by atoms with Gasteiger partial charge in [0, 0.05) is 29.6 Å². The Bertz CT molecular complexity index is 2640. The molecule has 6 atom stereocenters. The molecule has 1 fully saturated rings. The van der Waals surface area contributed by atoms with Gasteiger partial charge < -0.3 is 45.3 Å². The van der Waals surface area contributed by atoms with Crippen molar-refractivity contribution in [2.45, 2.75) is 74.7 Å². The molecule has 0 radical (unpaired) electrons. The number of hydrogen-bond acceptors (Lipinski definition) is 10. The van der Waals surface area contributed by atoms with Crippen molar-refractivity contribution >= 4 is 34.1 Å². The van der Waals surface area contributed by atoms with Crippen LogP contribution in [0.2, 0.25) is 0 Å². The van der Waals surface area contributed by atoms with Crippen molar-refractivity contribution in [2.75, 3.05) is 19.5 Å². The highest BCUT2D eigenvalue weighted by atomic mass is 16.5. The second-order valence-electron chi connectivity index (χ2n) is 16.9. The van der Waals surface area contributed by atoms with E-state index in [1.54, 1.807) is 48.8 Å². The molecule has 9 rings (SSSR count). The van der Waals surface area contributed by atoms with E-state index in [-0.39, 0.29) is 59.2 Å². The molecule has 2 aromatic heterocycles. The number of benzene rings is 4. The van der Waals surface area contributed by atoms with Gasteiger partial charge in [-0.1, -0.05) is 42.8 Å². The van der Waals surface area contributed by atoms with Crippen LogP contribution in [0.25, 0.3) is 16.8 Å². The molecule has 6 N–H and O–H groups in total. The number of methoxy groups -OCH3 is 2. The van der Waals surface area contributed by atoms with E-state index in [4.69, 9.17) is 14.5 Å². The first kappa shape index (κ1) is 40.0. The average molecular weight is 821 g/mol. The molecule has 0 unspecified atom stereocenters. The molecule has 61 heavy (non-hydrogen) atoms. The lowest BCUT2D eigenvalue weighted by Gasteiger charge is -2.45. The number of aliphatic hydroxyl groups excluding tert-OH is 1. The van der Waals surface area contributed by atoms with E-state index < -0.39 is 23.4 Å². The number of hydrogen-bond donors (Lipinski definition) is 6. The molecule has 1 spiro atoms. The number of nitrogens with one attached hydrogen (secondary N) is 1. The maximum absolute atomic E-state index is 15.9. The van der Waals surface area contributed by atoms with Crippen LogP contribution in [0.5, 0.6) is 34.5 Å². The first-order valence-electron chi connectivity index (χ1n) is 21.0. The summed E-state index contributed by atoms with van der Waals surface area (Å²) in [4.78, 5) is 25.4. The second-order valence-corrected chi connectivity index (χ2v) is 16.9. The van der Waals surface area contributed by atoms with Gasteiger partial charge in [-0.15, -0.1) is 0 Å². The number of phenolic OH excluding ortho intramolecular Hbond substituents is 4. The maximum Gasteiger partial charge on any atom is 0.200 e. The lowest BCUT2D eigenvalue weighted by Crippen LogP contribution is -2.50. The summed E-state index contributed by atoms with van der Waals surface area (Å²) in [6, 6.07) is 23.8. The van der Waals surface area contributed by atoms with Crippen LogP contribution in [0.3, 0.4) is 0 Å². The van der Waals surface area contributed by atoms with Crippen molar-refractivity contribution in [1.82, 2.24) is 9.97 Å². The lowest BCUT2D eigenvalue weighted by molar-refractivity contribution is -0.132. The van der Waals surface area contributed by atoms with Crippen molar-refractivity contribution in [3.63, 3.8) is 0 Å². The fourth-order valence-electron chi connectivity index (χ4n) is 10.9. The predicted octanol–water partition coefficient (Wildman–Crippen LogP) is 8.92. The molecule has 3 aliphatic rings. The van der Waals surface area contributed by atoms with Gasteiger partial charge in [0.1, 0.15) is 17.4 Å². The summed E-state index contributed by atoms with van der Waals surface area (Å²) in [5.74, 6) is -1.29. The number of anilines is 2. The van der Waals surface area contributed by atoms with Crippen LogP contribution in [0.1, 0.15) is 83.9 Å². The Morgan fingerprint density at radius 2 is 1.80 bits per heavy atom. The number of fused-ring (bicyclic) bond motifs is 3. The smallest absolute Gasteiger partial charge is 0.200 e. The predicted molar refractivity (Wildman–Crippen MR) is 233 cm³/mol. The topological polar surface area (TPSA) is 176 Å². The van der Waals surface area contributed by atoms with Gasteiger partial charge in [-0.25, -0.2) is 4.98 Å². The largest absolute Gasteiger partial charge is 0.668 e. The van der Waals surface area contributed by atoms with Crippen LogP contribution in [-0.2, 0) is 23.1 Å². The molecule has 6 aromatic rings. The van der Waals surface area contributed by atoms with Crippen LogP contribution in [0.15, 0.2) is 97.3 Å². The van der Waals surface area contributed by atoms with Gasteiger partial charge >= 0.3 is 0 Å². The molecule has 0 saturated heterocycles. The summed E-state index contributed by atoms with van der Waals surface area (Å²) in [5, 5.41) is 61.1. The van der Waals surface area contributed by atoms with Crippen molar-refractivity contribution in [3.8, 4) is 34.5 Å². The number of phenols is 4. The van der Waals surface area contributed by atoms with Crippen molar-refractivity contribution in [3.05, 3.63) is 131 Å². The summed E-state index contributed by atoms with van der Waals surface area (Å²) in [6.07, 6.45) is 10.7. The number of carbonyl (C=O) groups excluding carboxylic acids is 1. The number of Topliss-reactive ketones (excluding diaryl/α,β-unsaturated/α-hetero) is 1. The van der Waals surface area contributed by atoms with E-state index >= 15 is 4.79 Å². The number of carbonyl (C=O) groups is 1. The van der Waals surface area contributed by atoms with Crippen LogP contribution in [0, 0.1) is 11.8 Å². The van der Waals surface area contributed by atoms with Gasteiger partial charge in [-0.3, -0.25) is 4.79 Å². The van der Waals surface area contributed by atoms with Crippen LogP contribution >= 0.6 is 0 Å². The van der Waals surface area contributed by atoms with Crippen molar-refractivity contribution in [1.29, 1.82) is 0 Å². The third-order valence-corrected chi connectivity index (χ3v) is 13.6. The highest BCUT2D eigenvalue weighted by Crippen LogP contribution is 2.56. The second kappa shape index (κ2) is 16.2. The Morgan fingerprint density at radius 1 is 0.951 bits per heavy atom. The highest BCUT2D eigenvalue weighted by Gasteiger charge is 2.54. The zero-order valence-electron chi connectivity index (χ0n) is 34.2. The molecule has 1 aliphatic heterocycles. The number of aliphatic hydroxyl groups is 1. The number of aromatic nitrogens is 2. The lowest BCUT2D eigenvalue weighted by atomic mass is 9.58. The minimum atomic E-state index is -1.08. The van der Waals surface area contributed by atoms with Crippen molar-refractivity contribution in [2.24, 2.45) is 11.8 Å². The molecule has 2 aliphatic carbocycles. The molecule has 3 heterocycles. The van der Waals surface area contributed by atoms with Crippen molar-refractivity contribution < 1.29 is 39.8 Å². The number of rotatable bonds is 9. The molecular weight excluding hydrogens is 771 g/mol. The van der Waals surface area contributed by atoms with Gasteiger partial charge in [-0.2, -0.15) is 11.9 Å². The van der Waals surface area contributed by atoms with Gasteiger partial charge in [0.2, 0.25) is 5.75 Å². The molecule has 0 amide bonds. The number of pyridine rings is 1. The number of ketones is 1. The normalized spacial score (nSPS) is 22.6. The van der Waals surface area contributed by atoms with E-state index in [0.29, 0.717) is 42.8 Å². The minimum Gasteiger partial charge on any atom is -0.668 e. The number of nitrogens with zero attached hydrogens (tertiary/aromatic N) is 2. The molecule has 4 aromatic carbocycles. The zero-order chi connectivity index (χ0) is 42.4. The van der Waals surface area contributed by atoms with E-state index in [2.05, 4.69) is 22.4 Å². The fraction of sp³-hybridized carbons (Fsp3) is 0.320. The number of ether oxygens (including phenoxy) is 2. The molecular formula is C50H50N3O8-. The summed E-state index contributed by atoms with van der Waals surface area (Å²) >= 11 is 0. The Morgan fingerprint density at radius 3 is 2.61 bits per heavy atom. The molecule has 11 nitrogen and oxygen atoms in total.